The van der Waals surface area contributed by atoms with E-state index in [9.17, 15) is 4.79 Å². The molecule has 6 heteroatoms. The summed E-state index contributed by atoms with van der Waals surface area (Å²) in [5.74, 6) is -0.391. The second-order valence-corrected chi connectivity index (χ2v) is 2.60. The summed E-state index contributed by atoms with van der Waals surface area (Å²) in [7, 11) is 2.86. The van der Waals surface area contributed by atoms with Crippen LogP contribution in [0, 0.1) is 0 Å². The van der Waals surface area contributed by atoms with Crippen LogP contribution < -0.4 is 0 Å². The monoisotopic (exact) mass is 201 g/mol. The molecule has 0 saturated heterocycles. The molecule has 0 saturated carbocycles. The van der Waals surface area contributed by atoms with Crippen molar-refractivity contribution in [2.45, 2.75) is 0 Å². The average Bonchev–Trinajstić information content (AvgIpc) is 2.15. The van der Waals surface area contributed by atoms with Gasteiger partial charge in [-0.2, -0.15) is 0 Å². The molecule has 70 valence electrons. The number of aromatic nitrogens is 2. The zero-order valence-corrected chi connectivity index (χ0v) is 7.95. The van der Waals surface area contributed by atoms with Crippen LogP contribution in [0.2, 0.25) is 5.15 Å². The number of hydrogen-bond donors (Lipinski definition) is 0. The second-order valence-electron chi connectivity index (χ2n) is 2.21. The van der Waals surface area contributed by atoms with Gasteiger partial charge in [-0.3, -0.25) is 14.6 Å². The van der Waals surface area contributed by atoms with Gasteiger partial charge in [0.15, 0.2) is 5.69 Å². The molecule has 0 aliphatic rings. The summed E-state index contributed by atoms with van der Waals surface area (Å²) >= 11 is 5.55. The number of amides is 1. The summed E-state index contributed by atoms with van der Waals surface area (Å²) in [6.45, 7) is 0. The molecule has 0 spiro atoms. The third-order valence-electron chi connectivity index (χ3n) is 1.38. The largest absolute Gasteiger partial charge is 0.297 e. The molecule has 1 aromatic rings. The minimum atomic E-state index is -0.391. The van der Waals surface area contributed by atoms with Crippen molar-refractivity contribution in [1.82, 2.24) is 15.0 Å². The molecule has 0 bridgehead atoms. The predicted molar refractivity (Wildman–Crippen MR) is 46.1 cm³/mol. The number of halogens is 1. The van der Waals surface area contributed by atoms with Gasteiger partial charge in [-0.25, -0.2) is 10.0 Å². The molecule has 1 rings (SSSR count). The summed E-state index contributed by atoms with van der Waals surface area (Å²) in [4.78, 5) is 23.5. The minimum Gasteiger partial charge on any atom is -0.274 e. The highest BCUT2D eigenvalue weighted by molar-refractivity contribution is 6.29. The topological polar surface area (TPSA) is 55.3 Å². The van der Waals surface area contributed by atoms with Gasteiger partial charge in [0, 0.05) is 7.05 Å². The Balaban J connectivity index is 2.89. The van der Waals surface area contributed by atoms with Crippen molar-refractivity contribution < 1.29 is 9.63 Å². The van der Waals surface area contributed by atoms with Crippen LogP contribution >= 0.6 is 11.6 Å². The summed E-state index contributed by atoms with van der Waals surface area (Å²) in [6, 6.07) is 0. The predicted octanol–water partition coefficient (Wildman–Crippen LogP) is 0.763. The van der Waals surface area contributed by atoms with E-state index < -0.39 is 5.91 Å². The van der Waals surface area contributed by atoms with Crippen LogP contribution in [0.3, 0.4) is 0 Å². The summed E-state index contributed by atoms with van der Waals surface area (Å²) in [6.07, 6.45) is 2.68. The molecule has 0 radical (unpaired) electrons. The smallest absolute Gasteiger partial charge is 0.274 e. The number of carbonyl (C=O) groups excluding carboxylic acids is 1. The van der Waals surface area contributed by atoms with E-state index in [1.807, 2.05) is 0 Å². The first-order valence-electron chi connectivity index (χ1n) is 3.45. The van der Waals surface area contributed by atoms with Crippen LogP contribution in [0.25, 0.3) is 0 Å². The molecule has 0 unspecified atom stereocenters. The SMILES string of the molecule is CON(C)C(=O)c1cncc(Cl)n1. The summed E-state index contributed by atoms with van der Waals surface area (Å²) in [5.41, 5.74) is 0.150. The van der Waals surface area contributed by atoms with Crippen molar-refractivity contribution in [2.75, 3.05) is 14.2 Å². The van der Waals surface area contributed by atoms with E-state index in [4.69, 9.17) is 11.6 Å². The quantitative estimate of drug-likeness (QED) is 0.663. The molecular weight excluding hydrogens is 194 g/mol. The van der Waals surface area contributed by atoms with Crippen LogP contribution in [-0.2, 0) is 4.84 Å². The Morgan fingerprint density at radius 3 is 2.85 bits per heavy atom. The van der Waals surface area contributed by atoms with Gasteiger partial charge >= 0.3 is 0 Å². The Morgan fingerprint density at radius 1 is 1.62 bits per heavy atom. The number of nitrogens with zero attached hydrogens (tertiary/aromatic N) is 3. The molecule has 0 atom stereocenters. The number of hydroxylamine groups is 2. The van der Waals surface area contributed by atoms with Gasteiger partial charge in [-0.05, 0) is 0 Å². The molecule has 1 heterocycles. The number of rotatable bonds is 2. The van der Waals surface area contributed by atoms with Crippen LogP contribution in [-0.4, -0.2) is 35.1 Å². The van der Waals surface area contributed by atoms with Gasteiger partial charge in [-0.15, -0.1) is 0 Å². The van der Waals surface area contributed by atoms with E-state index >= 15 is 0 Å². The highest BCUT2D eigenvalue weighted by Gasteiger charge is 2.13. The van der Waals surface area contributed by atoms with Gasteiger partial charge in [0.1, 0.15) is 5.15 Å². The molecule has 0 N–H and O–H groups in total. The summed E-state index contributed by atoms with van der Waals surface area (Å²) in [5, 5.41) is 1.22. The molecule has 0 aliphatic carbocycles. The molecule has 13 heavy (non-hydrogen) atoms. The van der Waals surface area contributed by atoms with Crippen LogP contribution in [0.1, 0.15) is 10.5 Å². The van der Waals surface area contributed by atoms with Crippen molar-refractivity contribution >= 4 is 17.5 Å². The lowest BCUT2D eigenvalue weighted by Gasteiger charge is -2.12. The number of carbonyl (C=O) groups is 1. The first kappa shape index (κ1) is 9.88. The van der Waals surface area contributed by atoms with E-state index in [2.05, 4.69) is 14.8 Å². The fourth-order valence-electron chi connectivity index (χ4n) is 0.689. The van der Waals surface area contributed by atoms with Crippen molar-refractivity contribution in [3.8, 4) is 0 Å². The minimum absolute atomic E-state index is 0.150. The van der Waals surface area contributed by atoms with Gasteiger partial charge in [0.05, 0.1) is 19.5 Å². The first-order valence-corrected chi connectivity index (χ1v) is 3.82. The van der Waals surface area contributed by atoms with E-state index in [0.717, 1.165) is 5.06 Å². The molecule has 0 aliphatic heterocycles. The zero-order valence-electron chi connectivity index (χ0n) is 7.19. The Kier molecular flexibility index (Phi) is 3.16. The van der Waals surface area contributed by atoms with Crippen LogP contribution in [0.5, 0.6) is 0 Å². The Morgan fingerprint density at radius 2 is 2.31 bits per heavy atom. The van der Waals surface area contributed by atoms with Gasteiger partial charge in [-0.1, -0.05) is 11.6 Å². The van der Waals surface area contributed by atoms with Crippen molar-refractivity contribution in [3.05, 3.63) is 23.2 Å². The zero-order chi connectivity index (χ0) is 9.84. The van der Waals surface area contributed by atoms with E-state index in [-0.39, 0.29) is 10.8 Å². The van der Waals surface area contributed by atoms with Gasteiger partial charge in [0.25, 0.3) is 5.91 Å². The lowest BCUT2D eigenvalue weighted by molar-refractivity contribution is -0.0760. The molecule has 0 aromatic carbocycles. The molecule has 0 fully saturated rings. The molecule has 1 aromatic heterocycles. The lowest BCUT2D eigenvalue weighted by Crippen LogP contribution is -2.26. The van der Waals surface area contributed by atoms with E-state index in [1.54, 1.807) is 0 Å². The Bertz CT molecular complexity index is 318. The van der Waals surface area contributed by atoms with Crippen molar-refractivity contribution in [1.29, 1.82) is 0 Å². The fraction of sp³-hybridized carbons (Fsp3) is 0.286. The standard InChI is InChI=1S/C7H8ClN3O2/c1-11(13-2)7(12)5-3-9-4-6(8)10-5/h3-4H,1-2H3. The average molecular weight is 202 g/mol. The lowest BCUT2D eigenvalue weighted by atomic mass is 10.4. The fourth-order valence-corrected chi connectivity index (χ4v) is 0.837. The maximum atomic E-state index is 11.4. The maximum absolute atomic E-state index is 11.4. The first-order chi connectivity index (χ1) is 6.15. The van der Waals surface area contributed by atoms with Gasteiger partial charge in [0.2, 0.25) is 0 Å². The molecule has 5 nitrogen and oxygen atoms in total. The van der Waals surface area contributed by atoms with Crippen LogP contribution in [0.4, 0.5) is 0 Å². The normalized spacial score (nSPS) is 9.77. The van der Waals surface area contributed by atoms with Gasteiger partial charge < -0.3 is 0 Å². The van der Waals surface area contributed by atoms with E-state index in [1.165, 1.54) is 26.6 Å². The maximum Gasteiger partial charge on any atom is 0.297 e. The Labute approximate surface area is 80.3 Å². The Hall–Kier alpha value is -1.20. The van der Waals surface area contributed by atoms with Crippen LogP contribution in [0.15, 0.2) is 12.4 Å². The summed E-state index contributed by atoms with van der Waals surface area (Å²) < 4.78 is 0. The van der Waals surface area contributed by atoms with Crippen molar-refractivity contribution in [2.24, 2.45) is 0 Å². The van der Waals surface area contributed by atoms with Crippen molar-refractivity contribution in [3.63, 3.8) is 0 Å². The third-order valence-corrected chi connectivity index (χ3v) is 1.57. The third kappa shape index (κ3) is 2.37. The molecule has 1 amide bonds. The molecular formula is C7H8ClN3O2. The van der Waals surface area contributed by atoms with E-state index in [0.29, 0.717) is 0 Å². The highest BCUT2D eigenvalue weighted by atomic mass is 35.5. The highest BCUT2D eigenvalue weighted by Crippen LogP contribution is 2.04. The second kappa shape index (κ2) is 4.15. The number of hydrogen-bond acceptors (Lipinski definition) is 4.